The van der Waals surface area contributed by atoms with Crippen LogP contribution in [0.25, 0.3) is 0 Å². The van der Waals surface area contributed by atoms with Gasteiger partial charge in [0.2, 0.25) is 11.8 Å². The van der Waals surface area contributed by atoms with E-state index in [4.69, 9.17) is 5.11 Å². The van der Waals surface area contributed by atoms with Gasteiger partial charge in [-0.3, -0.25) is 9.59 Å². The molecule has 2 aliphatic heterocycles. The number of benzene rings is 1. The Morgan fingerprint density at radius 3 is 2.67 bits per heavy atom. The standard InChI is InChI=1S/C18H18N2O6S/c1-9(18(2)15(17(25)26)20-13(22)8-14(20)27-18)19-12(21)7-10-4-3-5-11(6-10)16(23)24/h3-6,14-15H,1,7-8H2,2H3,(H,19,21)(H,23,24)(H,25,26)/t14-,15?,18-/m1/s1. The summed E-state index contributed by atoms with van der Waals surface area (Å²) < 4.78 is -1.05. The van der Waals surface area contributed by atoms with Gasteiger partial charge in [-0.25, -0.2) is 9.59 Å². The van der Waals surface area contributed by atoms with E-state index in [1.807, 2.05) is 0 Å². The highest BCUT2D eigenvalue weighted by atomic mass is 32.2. The maximum atomic E-state index is 12.4. The molecule has 2 amide bonds. The monoisotopic (exact) mass is 390 g/mol. The number of aromatic carboxylic acids is 1. The van der Waals surface area contributed by atoms with Crippen molar-refractivity contribution in [2.24, 2.45) is 0 Å². The Morgan fingerprint density at radius 1 is 1.37 bits per heavy atom. The fourth-order valence-electron chi connectivity index (χ4n) is 3.35. The van der Waals surface area contributed by atoms with Crippen LogP contribution in [-0.4, -0.2) is 55.0 Å². The number of fused-ring (bicyclic) bond motifs is 1. The molecule has 8 nitrogen and oxygen atoms in total. The fraction of sp³-hybridized carbons (Fsp3) is 0.333. The highest BCUT2D eigenvalue weighted by Crippen LogP contribution is 2.53. The van der Waals surface area contributed by atoms with Gasteiger partial charge in [-0.1, -0.05) is 18.7 Å². The minimum atomic E-state index is -1.15. The van der Waals surface area contributed by atoms with Crippen LogP contribution in [0, 0.1) is 0 Å². The topological polar surface area (TPSA) is 124 Å². The lowest BCUT2D eigenvalue weighted by Gasteiger charge is -2.37. The van der Waals surface area contributed by atoms with Gasteiger partial charge in [0.15, 0.2) is 6.04 Å². The molecule has 2 aliphatic rings. The third-order valence-corrected chi connectivity index (χ3v) is 6.42. The third kappa shape index (κ3) is 3.30. The van der Waals surface area contributed by atoms with Crippen molar-refractivity contribution in [2.45, 2.75) is 35.9 Å². The van der Waals surface area contributed by atoms with E-state index < -0.39 is 28.6 Å². The van der Waals surface area contributed by atoms with Crippen LogP contribution in [-0.2, 0) is 20.8 Å². The van der Waals surface area contributed by atoms with Crippen LogP contribution in [0.5, 0.6) is 0 Å². The summed E-state index contributed by atoms with van der Waals surface area (Å²) in [5.41, 5.74) is 0.797. The van der Waals surface area contributed by atoms with Crippen LogP contribution in [0.1, 0.15) is 29.3 Å². The highest BCUT2D eigenvalue weighted by molar-refractivity contribution is 8.01. The molecule has 1 aromatic rings. The second-order valence-corrected chi connectivity index (χ2v) is 8.26. The smallest absolute Gasteiger partial charge is 0.335 e. The largest absolute Gasteiger partial charge is 0.480 e. The zero-order valence-corrected chi connectivity index (χ0v) is 15.3. The second-order valence-electron chi connectivity index (χ2n) is 6.63. The highest BCUT2D eigenvalue weighted by Gasteiger charge is 2.61. The predicted molar refractivity (Wildman–Crippen MR) is 97.1 cm³/mol. The summed E-state index contributed by atoms with van der Waals surface area (Å²) in [6, 6.07) is 4.91. The third-order valence-electron chi connectivity index (χ3n) is 4.79. The molecule has 9 heteroatoms. The van der Waals surface area contributed by atoms with E-state index in [0.717, 1.165) is 0 Å². The van der Waals surface area contributed by atoms with Crippen molar-refractivity contribution in [3.8, 4) is 0 Å². The predicted octanol–water partition coefficient (Wildman–Crippen LogP) is 1.07. The van der Waals surface area contributed by atoms with Gasteiger partial charge in [-0.05, 0) is 24.6 Å². The second kappa shape index (κ2) is 6.73. The molecule has 2 saturated heterocycles. The van der Waals surface area contributed by atoms with Crippen molar-refractivity contribution in [2.75, 3.05) is 0 Å². The number of thioether (sulfide) groups is 1. The summed E-state index contributed by atoms with van der Waals surface area (Å²) in [5, 5.41) is 21.0. The van der Waals surface area contributed by atoms with Crippen molar-refractivity contribution in [1.82, 2.24) is 10.2 Å². The van der Waals surface area contributed by atoms with Crippen molar-refractivity contribution < 1.29 is 29.4 Å². The maximum absolute atomic E-state index is 12.4. The molecular formula is C18H18N2O6S. The van der Waals surface area contributed by atoms with Gasteiger partial charge in [-0.2, -0.15) is 0 Å². The fourth-order valence-corrected chi connectivity index (χ4v) is 5.03. The Bertz CT molecular complexity index is 869. The van der Waals surface area contributed by atoms with Crippen LogP contribution in [0.3, 0.4) is 0 Å². The number of β-lactam (4-membered cyclic amide) rings is 1. The number of carboxylic acids is 2. The van der Waals surface area contributed by atoms with Gasteiger partial charge in [0.1, 0.15) is 0 Å². The zero-order valence-electron chi connectivity index (χ0n) is 14.5. The first kappa shape index (κ1) is 19.0. The molecule has 1 aromatic carbocycles. The molecular weight excluding hydrogens is 372 g/mol. The van der Waals surface area contributed by atoms with Crippen LogP contribution in [0.15, 0.2) is 36.5 Å². The van der Waals surface area contributed by atoms with Crippen molar-refractivity contribution in [1.29, 1.82) is 0 Å². The molecule has 3 rings (SSSR count). The summed E-state index contributed by atoms with van der Waals surface area (Å²) in [5.74, 6) is -2.90. The Balaban J connectivity index is 1.71. The summed E-state index contributed by atoms with van der Waals surface area (Å²) >= 11 is 1.30. The molecule has 2 fully saturated rings. The van der Waals surface area contributed by atoms with Crippen molar-refractivity contribution in [3.05, 3.63) is 47.7 Å². The SMILES string of the molecule is C=C(NC(=O)Cc1cccc(C(=O)O)c1)[C@@]1(C)S[C@@H]2CC(=O)N2C1C(=O)O. The van der Waals surface area contributed by atoms with Gasteiger partial charge in [0.05, 0.1) is 28.5 Å². The molecule has 0 saturated carbocycles. The van der Waals surface area contributed by atoms with E-state index >= 15 is 0 Å². The van der Waals surface area contributed by atoms with Gasteiger partial charge in [0.25, 0.3) is 0 Å². The number of nitrogens with one attached hydrogen (secondary N) is 1. The molecule has 27 heavy (non-hydrogen) atoms. The lowest BCUT2D eigenvalue weighted by molar-refractivity contribution is -0.157. The quantitative estimate of drug-likeness (QED) is 0.621. The first-order valence-corrected chi connectivity index (χ1v) is 9.04. The van der Waals surface area contributed by atoms with Crippen molar-refractivity contribution >= 4 is 35.5 Å². The lowest BCUT2D eigenvalue weighted by Crippen LogP contribution is -2.58. The summed E-state index contributed by atoms with van der Waals surface area (Å²) in [6.07, 6.45) is 0.192. The summed E-state index contributed by atoms with van der Waals surface area (Å²) in [4.78, 5) is 48.2. The first-order chi connectivity index (χ1) is 12.6. The number of hydrogen-bond acceptors (Lipinski definition) is 5. The summed E-state index contributed by atoms with van der Waals surface area (Å²) in [7, 11) is 0. The number of rotatable bonds is 6. The van der Waals surface area contributed by atoms with E-state index in [2.05, 4.69) is 11.9 Å². The molecule has 142 valence electrons. The van der Waals surface area contributed by atoms with Crippen LogP contribution in [0.2, 0.25) is 0 Å². The minimum Gasteiger partial charge on any atom is -0.480 e. The molecule has 2 heterocycles. The lowest BCUT2D eigenvalue weighted by atomic mass is 9.93. The van der Waals surface area contributed by atoms with E-state index in [9.17, 15) is 24.3 Å². The zero-order chi connectivity index (χ0) is 19.9. The van der Waals surface area contributed by atoms with Crippen molar-refractivity contribution in [3.63, 3.8) is 0 Å². The molecule has 0 spiro atoms. The van der Waals surface area contributed by atoms with E-state index in [1.165, 1.54) is 28.8 Å². The minimum absolute atomic E-state index is 0.0752. The van der Waals surface area contributed by atoms with E-state index in [0.29, 0.717) is 5.56 Å². The molecule has 0 bridgehead atoms. The number of carbonyl (C=O) groups excluding carboxylic acids is 2. The van der Waals surface area contributed by atoms with E-state index in [-0.39, 0.29) is 35.4 Å². The first-order valence-electron chi connectivity index (χ1n) is 8.16. The van der Waals surface area contributed by atoms with Gasteiger partial charge >= 0.3 is 11.9 Å². The number of aliphatic carboxylic acids is 1. The number of hydrogen-bond donors (Lipinski definition) is 3. The molecule has 3 atom stereocenters. The maximum Gasteiger partial charge on any atom is 0.335 e. The number of amides is 2. The molecule has 0 aromatic heterocycles. The molecule has 1 unspecified atom stereocenters. The molecule has 3 N–H and O–H groups in total. The van der Waals surface area contributed by atoms with Gasteiger partial charge in [0, 0.05) is 5.70 Å². The van der Waals surface area contributed by atoms with Gasteiger partial charge in [-0.15, -0.1) is 11.8 Å². The van der Waals surface area contributed by atoms with Crippen LogP contribution < -0.4 is 5.32 Å². The number of nitrogens with zero attached hydrogens (tertiary/aromatic N) is 1. The average molecular weight is 390 g/mol. The molecule has 0 radical (unpaired) electrons. The Kier molecular flexibility index (Phi) is 4.73. The number of carbonyl (C=O) groups is 4. The average Bonchev–Trinajstić information content (AvgIpc) is 2.83. The number of carboxylic acid groups (broad SMARTS) is 2. The van der Waals surface area contributed by atoms with Crippen LogP contribution >= 0.6 is 11.8 Å². The van der Waals surface area contributed by atoms with Crippen LogP contribution in [0.4, 0.5) is 0 Å². The van der Waals surface area contributed by atoms with E-state index in [1.54, 1.807) is 19.1 Å². The Labute approximate surface area is 159 Å². The summed E-state index contributed by atoms with van der Waals surface area (Å²) in [6.45, 7) is 5.49. The van der Waals surface area contributed by atoms with Gasteiger partial charge < -0.3 is 20.4 Å². The Morgan fingerprint density at radius 2 is 2.07 bits per heavy atom. The molecule has 0 aliphatic carbocycles. The normalized spacial score (nSPS) is 26.1. The Hall–Kier alpha value is -2.81.